The number of aliphatic hydroxyl groups is 6. The van der Waals surface area contributed by atoms with Crippen LogP contribution in [0.5, 0.6) is 5.75 Å². The predicted octanol–water partition coefficient (Wildman–Crippen LogP) is 0.405. The summed E-state index contributed by atoms with van der Waals surface area (Å²) in [4.78, 5) is 59.9. The van der Waals surface area contributed by atoms with E-state index >= 15 is 0 Å². The van der Waals surface area contributed by atoms with Crippen molar-refractivity contribution in [2.24, 2.45) is 17.6 Å². The molecule has 2 aromatic rings. The highest BCUT2D eigenvalue weighted by molar-refractivity contribution is 6.53. The fraction of sp³-hybridized carbons (Fsp3) is 0.394. The minimum absolute atomic E-state index is 0.0245. The lowest BCUT2D eigenvalue weighted by atomic mass is 9.54. The van der Waals surface area contributed by atoms with Crippen molar-refractivity contribution in [1.82, 2.24) is 10.2 Å². The number of halogens is 2. The number of phenols is 1. The number of rotatable bonds is 8. The number of carbonyl (C=O) groups excluding carboxylic acids is 4. The van der Waals surface area contributed by atoms with Crippen LogP contribution < -0.4 is 11.1 Å². The lowest BCUT2D eigenvalue weighted by Gasteiger charge is -2.53. The molecule has 0 heterocycles. The molecule has 52 heavy (non-hydrogen) atoms. The first-order valence-corrected chi connectivity index (χ1v) is 16.4. The summed E-state index contributed by atoms with van der Waals surface area (Å²) in [5, 5.41) is 86.8. The number of nitrogens with zero attached hydrogens (tertiary/aromatic N) is 2. The first kappa shape index (κ1) is 40.2. The Morgan fingerprint density at radius 3 is 2.19 bits per heavy atom. The van der Waals surface area contributed by atoms with Crippen molar-refractivity contribution in [3.8, 4) is 5.75 Å². The minimum atomic E-state index is -2.89. The van der Waals surface area contributed by atoms with E-state index in [0.29, 0.717) is 11.1 Å². The molecule has 1 saturated carbocycles. The first-order valence-electron chi connectivity index (χ1n) is 15.5. The van der Waals surface area contributed by atoms with Gasteiger partial charge < -0.3 is 46.8 Å². The zero-order chi connectivity index (χ0) is 39.1. The number of hydrogen-bond acceptors (Lipinski definition) is 14. The number of Topliss-reactive ketones (excluding diaryl/α,β-unsaturated/α-hetero) is 2. The molecule has 0 aromatic heterocycles. The van der Waals surface area contributed by atoms with Gasteiger partial charge in [-0.2, -0.15) is 0 Å². The quantitative estimate of drug-likeness (QED) is 0.0761. The topological polar surface area (TPSA) is 294 Å². The zero-order valence-electron chi connectivity index (χ0n) is 27.7. The van der Waals surface area contributed by atoms with Crippen molar-refractivity contribution in [3.63, 3.8) is 0 Å². The van der Waals surface area contributed by atoms with Gasteiger partial charge in [0.05, 0.1) is 41.2 Å². The summed E-state index contributed by atoms with van der Waals surface area (Å²) in [6.45, 7) is 1.13. The normalized spacial score (nSPS) is 26.5. The molecule has 1 fully saturated rings. The molecule has 3 aliphatic carbocycles. The van der Waals surface area contributed by atoms with Crippen LogP contribution in [-0.4, -0.2) is 118 Å². The van der Waals surface area contributed by atoms with E-state index in [0.717, 1.165) is 0 Å². The number of fused-ring (bicyclic) bond motifs is 3. The standard InChI is InChI=1S/C22H24N2O8.C11H12Cl2N2O5/c1-7-8-5-4-6-9(25)11(8)16(26)12-10(7)17(27)14-15(24(2)3)18(28)13(21(23)31)20(30)22(14,32)19(12)29;12-10(13)11(18)14-8(5-16)9(17)6-1-3-7(4-2-6)15(19)20/h4-7,10,14-15,17,25-27,30,32H,1-3H3,(H2,23,31);1-4,8-10,16-17H,5H2,(H,14,18)/t7-,10+,14+,15-,17-,22-;8-,9-/m01/s1. The van der Waals surface area contributed by atoms with Gasteiger partial charge in [0.15, 0.2) is 16.2 Å². The van der Waals surface area contributed by atoms with Gasteiger partial charge in [0, 0.05) is 23.6 Å². The average Bonchev–Trinajstić information content (AvgIpc) is 3.08. The number of primary amides is 1. The second-order valence-corrected chi connectivity index (χ2v) is 13.8. The predicted molar refractivity (Wildman–Crippen MR) is 183 cm³/mol. The third-order valence-corrected chi connectivity index (χ3v) is 9.94. The summed E-state index contributed by atoms with van der Waals surface area (Å²) in [7, 11) is 2.92. The molecule has 2 amide bonds. The molecule has 0 radical (unpaired) electrons. The van der Waals surface area contributed by atoms with Crippen LogP contribution in [0.15, 0.2) is 59.4 Å². The summed E-state index contributed by atoms with van der Waals surface area (Å²) in [6.07, 6.45) is -2.84. The number of hydrogen-bond donors (Lipinski definition) is 9. The van der Waals surface area contributed by atoms with E-state index in [1.807, 2.05) is 0 Å². The Balaban J connectivity index is 0.000000261. The summed E-state index contributed by atoms with van der Waals surface area (Å²) in [6, 6.07) is 7.18. The fourth-order valence-corrected chi connectivity index (χ4v) is 7.20. The molecule has 0 unspecified atom stereocenters. The zero-order valence-corrected chi connectivity index (χ0v) is 29.2. The van der Waals surface area contributed by atoms with Crippen molar-refractivity contribution in [3.05, 3.63) is 86.2 Å². The number of benzene rings is 2. The van der Waals surface area contributed by atoms with Crippen LogP contribution in [0.3, 0.4) is 0 Å². The molecule has 2 aromatic carbocycles. The summed E-state index contributed by atoms with van der Waals surface area (Å²) >= 11 is 10.7. The number of aliphatic hydroxyl groups excluding tert-OH is 5. The van der Waals surface area contributed by atoms with Crippen LogP contribution in [0.25, 0.3) is 5.76 Å². The van der Waals surface area contributed by atoms with Crippen molar-refractivity contribution in [2.75, 3.05) is 20.7 Å². The van der Waals surface area contributed by atoms with Crippen molar-refractivity contribution >= 4 is 58.0 Å². The highest BCUT2D eigenvalue weighted by atomic mass is 35.5. The molecule has 19 heteroatoms. The van der Waals surface area contributed by atoms with Gasteiger partial charge in [-0.3, -0.25) is 34.2 Å². The second-order valence-electron chi connectivity index (χ2n) is 12.7. The third kappa shape index (κ3) is 6.71. The lowest BCUT2D eigenvalue weighted by molar-refractivity contribution is -0.384. The first-order chi connectivity index (χ1) is 24.2. The van der Waals surface area contributed by atoms with E-state index in [-0.39, 0.29) is 17.0 Å². The van der Waals surface area contributed by atoms with E-state index in [2.05, 4.69) is 5.32 Å². The van der Waals surface area contributed by atoms with E-state index in [4.69, 9.17) is 34.0 Å². The summed E-state index contributed by atoms with van der Waals surface area (Å²) in [5.74, 6) is -9.62. The molecule has 17 nitrogen and oxygen atoms in total. The van der Waals surface area contributed by atoms with Crippen LogP contribution in [-0.2, 0) is 19.2 Å². The van der Waals surface area contributed by atoms with Crippen LogP contribution in [0, 0.1) is 22.0 Å². The van der Waals surface area contributed by atoms with E-state index in [9.17, 15) is 59.9 Å². The maximum absolute atomic E-state index is 13.7. The molecule has 8 atom stereocenters. The number of phenolic OH excluding ortho intramolecular Hbond substituents is 1. The Morgan fingerprint density at radius 1 is 1.10 bits per heavy atom. The number of ketones is 2. The molecular weight excluding hydrogens is 731 g/mol. The van der Waals surface area contributed by atoms with Gasteiger partial charge in [-0.15, -0.1) is 0 Å². The Labute approximate surface area is 305 Å². The number of alkyl halides is 2. The van der Waals surface area contributed by atoms with Gasteiger partial charge in [-0.1, -0.05) is 42.3 Å². The van der Waals surface area contributed by atoms with Crippen molar-refractivity contribution in [1.29, 1.82) is 0 Å². The number of amides is 2. The van der Waals surface area contributed by atoms with E-state index in [1.165, 1.54) is 49.3 Å². The Morgan fingerprint density at radius 2 is 1.69 bits per heavy atom. The van der Waals surface area contributed by atoms with Crippen molar-refractivity contribution in [2.45, 2.75) is 47.6 Å². The number of likely N-dealkylation sites (N-methyl/N-ethyl adjacent to an activating group) is 1. The molecule has 0 saturated heterocycles. The molecule has 10 N–H and O–H groups in total. The summed E-state index contributed by atoms with van der Waals surface area (Å²) < 4.78 is 0. The van der Waals surface area contributed by atoms with E-state index < -0.39 is 110 Å². The van der Waals surface area contributed by atoms with Gasteiger partial charge >= 0.3 is 0 Å². The highest BCUT2D eigenvalue weighted by Crippen LogP contribution is 2.56. The minimum Gasteiger partial charge on any atom is -0.508 e. The Kier molecular flexibility index (Phi) is 11.7. The van der Waals surface area contributed by atoms with Crippen LogP contribution >= 0.6 is 23.2 Å². The molecular formula is C33H36Cl2N4O13. The van der Waals surface area contributed by atoms with Crippen LogP contribution in [0.2, 0.25) is 0 Å². The van der Waals surface area contributed by atoms with E-state index in [1.54, 1.807) is 19.1 Å². The monoisotopic (exact) mass is 766 g/mol. The van der Waals surface area contributed by atoms with Gasteiger partial charge in [-0.25, -0.2) is 0 Å². The molecule has 5 rings (SSSR count). The number of nitrogens with two attached hydrogens (primary N) is 1. The lowest BCUT2D eigenvalue weighted by Crippen LogP contribution is -2.70. The number of carbonyl (C=O) groups is 4. The number of nitrogens with one attached hydrogen (secondary N) is 1. The van der Waals surface area contributed by atoms with Crippen LogP contribution in [0.1, 0.15) is 35.6 Å². The highest BCUT2D eigenvalue weighted by Gasteiger charge is 2.68. The number of nitro groups is 1. The van der Waals surface area contributed by atoms with Crippen molar-refractivity contribution < 1.29 is 59.8 Å². The molecule has 280 valence electrons. The molecule has 0 aliphatic heterocycles. The average molecular weight is 768 g/mol. The van der Waals surface area contributed by atoms with Gasteiger partial charge in [0.2, 0.25) is 5.78 Å². The number of nitro benzene ring substituents is 1. The maximum atomic E-state index is 13.7. The smallest absolute Gasteiger partial charge is 0.269 e. The molecule has 0 bridgehead atoms. The van der Waals surface area contributed by atoms with Gasteiger partial charge in [0.25, 0.3) is 17.5 Å². The van der Waals surface area contributed by atoms with Crippen LogP contribution in [0.4, 0.5) is 5.69 Å². The third-order valence-electron chi connectivity index (χ3n) is 9.54. The second kappa shape index (κ2) is 15.2. The molecule has 3 aliphatic rings. The van der Waals surface area contributed by atoms with Gasteiger partial charge in [-0.05, 0) is 49.3 Å². The number of non-ortho nitro benzene ring substituents is 1. The largest absolute Gasteiger partial charge is 0.508 e. The molecule has 0 spiro atoms. The maximum Gasteiger partial charge on any atom is 0.269 e. The Hall–Kier alpha value is -4.62. The Bertz CT molecular complexity index is 1870. The fourth-order valence-electron chi connectivity index (χ4n) is 7.07. The number of aromatic hydroxyl groups is 1. The SMILES string of the molecule is C[C@H]1c2cccc(O)c2C(O)=C2C(=O)[C@]3(O)C(O)=C(C(N)=O)C(=O)[C@@H](N(C)C)[C@@H]3[C@@H](O)[C@@H]21.O=C(N[C@H](CO)[C@H](O)c1ccc([N+](=O)[O-])cc1)C(Cl)Cl. The summed E-state index contributed by atoms with van der Waals surface area (Å²) in [5.41, 5.74) is 1.64. The van der Waals surface area contributed by atoms with Gasteiger partial charge in [0.1, 0.15) is 28.9 Å².